The first kappa shape index (κ1) is 22.8. The minimum absolute atomic E-state index is 0.00720. The zero-order chi connectivity index (χ0) is 22.5. The molecule has 32 heavy (non-hydrogen) atoms. The molecule has 8 heteroatoms. The molecule has 0 aliphatic heterocycles. The number of thioether (sulfide) groups is 1. The fourth-order valence-electron chi connectivity index (χ4n) is 4.03. The number of aryl methyl sites for hydroxylation is 2. The van der Waals surface area contributed by atoms with Crippen LogP contribution in [0.3, 0.4) is 0 Å². The van der Waals surface area contributed by atoms with E-state index in [0.717, 1.165) is 40.4 Å². The molecule has 0 radical (unpaired) electrons. The van der Waals surface area contributed by atoms with Gasteiger partial charge in [-0.05, 0) is 69.2 Å². The predicted molar refractivity (Wildman–Crippen MR) is 129 cm³/mol. The van der Waals surface area contributed by atoms with Gasteiger partial charge >= 0.3 is 0 Å². The van der Waals surface area contributed by atoms with Crippen molar-refractivity contribution in [1.82, 2.24) is 24.9 Å². The van der Waals surface area contributed by atoms with E-state index in [4.69, 9.17) is 11.6 Å². The fraction of sp³-hybridized carbons (Fsp3) is 0.417. The van der Waals surface area contributed by atoms with E-state index in [-0.39, 0.29) is 5.91 Å². The van der Waals surface area contributed by atoms with Crippen molar-refractivity contribution in [3.05, 3.63) is 63.5 Å². The maximum absolute atomic E-state index is 12.2. The highest BCUT2D eigenvalue weighted by Gasteiger charge is 2.15. The van der Waals surface area contributed by atoms with Crippen LogP contribution in [0.1, 0.15) is 54.6 Å². The quantitative estimate of drug-likeness (QED) is 0.367. The van der Waals surface area contributed by atoms with E-state index in [1.54, 1.807) is 4.52 Å². The third-order valence-corrected chi connectivity index (χ3v) is 6.86. The summed E-state index contributed by atoms with van der Waals surface area (Å²) in [6.07, 6.45) is 8.89. The van der Waals surface area contributed by atoms with Crippen molar-refractivity contribution in [2.75, 3.05) is 12.3 Å². The maximum Gasteiger partial charge on any atom is 0.253 e. The van der Waals surface area contributed by atoms with Crippen LogP contribution in [-0.2, 0) is 11.2 Å². The van der Waals surface area contributed by atoms with Gasteiger partial charge in [0, 0.05) is 29.4 Å². The lowest BCUT2D eigenvalue weighted by molar-refractivity contribution is -0.118. The maximum atomic E-state index is 12.2. The summed E-state index contributed by atoms with van der Waals surface area (Å²) < 4.78 is 1.77. The molecular weight excluding hydrogens is 442 g/mol. The summed E-state index contributed by atoms with van der Waals surface area (Å²) in [4.78, 5) is 21.4. The largest absolute Gasteiger partial charge is 0.355 e. The Morgan fingerprint density at radius 3 is 2.91 bits per heavy atom. The highest BCUT2D eigenvalue weighted by Crippen LogP contribution is 2.22. The van der Waals surface area contributed by atoms with Gasteiger partial charge in [0.2, 0.25) is 11.1 Å². The zero-order valence-electron chi connectivity index (χ0n) is 18.5. The first-order valence-electron chi connectivity index (χ1n) is 11.0. The molecule has 0 unspecified atom stereocenters. The van der Waals surface area contributed by atoms with Crippen LogP contribution in [0.15, 0.2) is 41.1 Å². The normalized spacial score (nSPS) is 13.9. The lowest BCUT2D eigenvalue weighted by atomic mass is 9.97. The topological polar surface area (TPSA) is 72.2 Å². The van der Waals surface area contributed by atoms with Crippen molar-refractivity contribution in [1.29, 1.82) is 0 Å². The molecule has 168 valence electrons. The van der Waals surface area contributed by atoms with E-state index < -0.39 is 0 Å². The number of hydrogen-bond acceptors (Lipinski definition) is 5. The lowest BCUT2D eigenvalue weighted by Gasteiger charge is -2.12. The van der Waals surface area contributed by atoms with Crippen LogP contribution in [0, 0.1) is 13.8 Å². The zero-order valence-corrected chi connectivity index (χ0v) is 20.1. The van der Waals surface area contributed by atoms with Gasteiger partial charge in [-0.25, -0.2) is 9.50 Å². The second kappa shape index (κ2) is 10.5. The molecule has 4 rings (SSSR count). The highest BCUT2D eigenvalue weighted by atomic mass is 35.5. The van der Waals surface area contributed by atoms with E-state index in [0.29, 0.717) is 23.2 Å². The predicted octanol–water partition coefficient (Wildman–Crippen LogP) is 5.08. The number of fused-ring (bicyclic) bond motifs is 1. The SMILES string of the molecule is Cc1nc2nc(SCC(=O)NCCC3=CCCCC3)nn2c(C)c1Cc1cccc(Cl)c1. The molecule has 1 aliphatic rings. The number of carbonyl (C=O) groups excluding carboxylic acids is 1. The first-order valence-corrected chi connectivity index (χ1v) is 12.4. The Balaban J connectivity index is 1.38. The molecule has 1 aliphatic carbocycles. The fourth-order valence-corrected chi connectivity index (χ4v) is 4.89. The number of nitrogens with one attached hydrogen (secondary N) is 1. The van der Waals surface area contributed by atoms with Crippen molar-refractivity contribution in [2.24, 2.45) is 0 Å². The molecule has 2 aromatic heterocycles. The van der Waals surface area contributed by atoms with Crippen LogP contribution >= 0.6 is 23.4 Å². The Morgan fingerprint density at radius 1 is 1.25 bits per heavy atom. The van der Waals surface area contributed by atoms with Crippen molar-refractivity contribution in [2.45, 2.75) is 57.5 Å². The molecular formula is C24H28ClN5OS. The van der Waals surface area contributed by atoms with Crippen molar-refractivity contribution >= 4 is 35.0 Å². The molecule has 6 nitrogen and oxygen atoms in total. The van der Waals surface area contributed by atoms with Crippen LogP contribution in [0.5, 0.6) is 0 Å². The van der Waals surface area contributed by atoms with Gasteiger partial charge in [0.15, 0.2) is 0 Å². The average molecular weight is 470 g/mol. The number of halogens is 1. The van der Waals surface area contributed by atoms with E-state index >= 15 is 0 Å². The molecule has 0 bridgehead atoms. The van der Waals surface area contributed by atoms with Gasteiger partial charge in [0.05, 0.1) is 5.75 Å². The Labute approximate surface area is 197 Å². The summed E-state index contributed by atoms with van der Waals surface area (Å²) in [5, 5.41) is 8.88. The molecule has 0 saturated heterocycles. The smallest absolute Gasteiger partial charge is 0.253 e. The molecule has 2 heterocycles. The number of rotatable bonds is 8. The van der Waals surface area contributed by atoms with Crippen LogP contribution in [0.25, 0.3) is 5.78 Å². The van der Waals surface area contributed by atoms with Crippen molar-refractivity contribution < 1.29 is 4.79 Å². The molecule has 0 fully saturated rings. The first-order chi connectivity index (χ1) is 15.5. The summed E-state index contributed by atoms with van der Waals surface area (Å²) in [6.45, 7) is 4.71. The monoisotopic (exact) mass is 469 g/mol. The standard InChI is InChI=1S/C24H28ClN5OS/c1-16-21(14-19-9-6-10-20(25)13-19)17(2)30-23(27-16)28-24(29-30)32-15-22(31)26-12-11-18-7-4-3-5-8-18/h6-7,9-10,13H,3-5,8,11-12,14-15H2,1-2H3,(H,26,31). The van der Waals surface area contributed by atoms with Gasteiger partial charge < -0.3 is 5.32 Å². The number of carbonyl (C=O) groups is 1. The third-order valence-electron chi connectivity index (χ3n) is 5.79. The Hall–Kier alpha value is -2.38. The minimum atomic E-state index is 0.00720. The molecule has 0 atom stereocenters. The second-order valence-corrected chi connectivity index (χ2v) is 9.55. The molecule has 1 N–H and O–H groups in total. The number of allylic oxidation sites excluding steroid dienone is 1. The minimum Gasteiger partial charge on any atom is -0.355 e. The molecule has 1 aromatic carbocycles. The van der Waals surface area contributed by atoms with Crippen LogP contribution in [0.2, 0.25) is 5.02 Å². The second-order valence-electron chi connectivity index (χ2n) is 8.17. The summed E-state index contributed by atoms with van der Waals surface area (Å²) >= 11 is 7.48. The Bertz CT molecular complexity index is 1160. The number of amides is 1. The molecule has 1 amide bonds. The lowest BCUT2D eigenvalue weighted by Crippen LogP contribution is -2.26. The van der Waals surface area contributed by atoms with E-state index in [1.165, 1.54) is 43.0 Å². The van der Waals surface area contributed by atoms with Gasteiger partial charge in [0.25, 0.3) is 5.78 Å². The summed E-state index contributed by atoms with van der Waals surface area (Å²) in [5.41, 5.74) is 5.62. The number of aromatic nitrogens is 4. The van der Waals surface area contributed by atoms with E-state index in [1.807, 2.05) is 32.0 Å². The molecule has 0 saturated carbocycles. The van der Waals surface area contributed by atoms with Gasteiger partial charge in [-0.15, -0.1) is 5.10 Å². The summed E-state index contributed by atoms with van der Waals surface area (Å²) in [7, 11) is 0. The summed E-state index contributed by atoms with van der Waals surface area (Å²) in [5.74, 6) is 0.860. The van der Waals surface area contributed by atoms with Crippen LogP contribution in [0.4, 0.5) is 0 Å². The van der Waals surface area contributed by atoms with Crippen molar-refractivity contribution in [3.63, 3.8) is 0 Å². The van der Waals surface area contributed by atoms with Gasteiger partial charge in [-0.3, -0.25) is 4.79 Å². The summed E-state index contributed by atoms with van der Waals surface area (Å²) in [6, 6.07) is 7.85. The number of benzene rings is 1. The number of nitrogens with zero attached hydrogens (tertiary/aromatic N) is 4. The molecule has 3 aromatic rings. The Morgan fingerprint density at radius 2 is 2.12 bits per heavy atom. The van der Waals surface area contributed by atoms with Gasteiger partial charge in [-0.1, -0.05) is 47.1 Å². The Kier molecular flexibility index (Phi) is 7.48. The van der Waals surface area contributed by atoms with E-state index in [2.05, 4.69) is 32.5 Å². The van der Waals surface area contributed by atoms with E-state index in [9.17, 15) is 4.79 Å². The molecule has 0 spiro atoms. The number of hydrogen-bond donors (Lipinski definition) is 1. The van der Waals surface area contributed by atoms with Crippen molar-refractivity contribution in [3.8, 4) is 0 Å². The van der Waals surface area contributed by atoms with Crippen LogP contribution < -0.4 is 5.32 Å². The third kappa shape index (κ3) is 5.70. The van der Waals surface area contributed by atoms with Crippen LogP contribution in [-0.4, -0.2) is 37.8 Å². The highest BCUT2D eigenvalue weighted by molar-refractivity contribution is 7.99. The average Bonchev–Trinajstić information content (AvgIpc) is 3.19. The van der Waals surface area contributed by atoms with Gasteiger partial charge in [-0.2, -0.15) is 4.98 Å². The van der Waals surface area contributed by atoms with Gasteiger partial charge in [0.1, 0.15) is 0 Å².